The third-order valence-corrected chi connectivity index (χ3v) is 5.52. The lowest BCUT2D eigenvalue weighted by Crippen LogP contribution is -2.11. The molecule has 0 saturated carbocycles. The minimum Gasteiger partial charge on any atom is -0.478 e. The van der Waals surface area contributed by atoms with Gasteiger partial charge in [-0.05, 0) is 29.7 Å². The summed E-state index contributed by atoms with van der Waals surface area (Å²) < 4.78 is 1.77. The second-order valence-corrected chi connectivity index (χ2v) is 7.89. The van der Waals surface area contributed by atoms with Gasteiger partial charge >= 0.3 is 11.9 Å². The van der Waals surface area contributed by atoms with E-state index >= 15 is 0 Å². The number of aromatic carboxylic acids is 1. The molecule has 1 heterocycles. The van der Waals surface area contributed by atoms with E-state index in [1.165, 1.54) is 6.08 Å². The van der Waals surface area contributed by atoms with E-state index in [2.05, 4.69) is 4.98 Å². The minimum absolute atomic E-state index is 0.0843. The molecule has 6 nitrogen and oxygen atoms in total. The van der Waals surface area contributed by atoms with Gasteiger partial charge in [-0.1, -0.05) is 73.5 Å². The summed E-state index contributed by atoms with van der Waals surface area (Å²) in [7, 11) is 0. The Morgan fingerprint density at radius 2 is 1.75 bits per heavy atom. The first-order valence-electron chi connectivity index (χ1n) is 10.4. The summed E-state index contributed by atoms with van der Waals surface area (Å²) in [5.41, 5.74) is 1.81. The van der Waals surface area contributed by atoms with Crippen molar-refractivity contribution >= 4 is 29.6 Å². The van der Waals surface area contributed by atoms with Gasteiger partial charge in [-0.2, -0.15) is 0 Å². The van der Waals surface area contributed by atoms with Crippen LogP contribution in [0.2, 0.25) is 5.02 Å². The predicted molar refractivity (Wildman–Crippen MR) is 124 cm³/mol. The Morgan fingerprint density at radius 3 is 2.38 bits per heavy atom. The molecule has 0 bridgehead atoms. The fourth-order valence-corrected chi connectivity index (χ4v) is 3.68. The Kier molecular flexibility index (Phi) is 7.84. The van der Waals surface area contributed by atoms with E-state index in [0.717, 1.165) is 24.0 Å². The van der Waals surface area contributed by atoms with Crippen molar-refractivity contribution in [3.8, 4) is 0 Å². The molecule has 0 fully saturated rings. The number of halogens is 1. The van der Waals surface area contributed by atoms with E-state index in [9.17, 15) is 19.8 Å². The van der Waals surface area contributed by atoms with Gasteiger partial charge in [0.25, 0.3) is 0 Å². The van der Waals surface area contributed by atoms with E-state index in [-0.39, 0.29) is 23.4 Å². The van der Waals surface area contributed by atoms with Crippen molar-refractivity contribution in [1.29, 1.82) is 0 Å². The van der Waals surface area contributed by atoms with Crippen molar-refractivity contribution in [1.82, 2.24) is 9.55 Å². The summed E-state index contributed by atoms with van der Waals surface area (Å²) in [6.07, 6.45) is 3.92. The second-order valence-electron chi connectivity index (χ2n) is 7.49. The maximum atomic E-state index is 12.0. The first-order valence-corrected chi connectivity index (χ1v) is 10.8. The summed E-state index contributed by atoms with van der Waals surface area (Å²) in [5.74, 6) is -1.71. The standard InChI is InChI=1S/C25H25ClN2O4/c1-2-3-13-22-27-23(25(31)32)21(28(22)16-18-11-7-8-12-20(18)26)15-19(24(29)30)14-17-9-5-4-6-10-17/h4-12,15H,2-3,13-14,16H2,1H3,(H,29,30)(H,31,32). The van der Waals surface area contributed by atoms with Gasteiger partial charge in [0.1, 0.15) is 5.82 Å². The number of aromatic nitrogens is 2. The number of carbonyl (C=O) groups is 2. The van der Waals surface area contributed by atoms with Gasteiger partial charge in [0, 0.05) is 23.4 Å². The minimum atomic E-state index is -1.20. The number of hydrogen-bond acceptors (Lipinski definition) is 3. The molecule has 0 aliphatic heterocycles. The quantitative estimate of drug-likeness (QED) is 0.405. The van der Waals surface area contributed by atoms with Gasteiger partial charge in [-0.25, -0.2) is 14.6 Å². The zero-order valence-corrected chi connectivity index (χ0v) is 18.5. The van der Waals surface area contributed by atoms with Crippen LogP contribution in [-0.2, 0) is 24.2 Å². The largest absolute Gasteiger partial charge is 0.478 e. The molecule has 0 spiro atoms. The van der Waals surface area contributed by atoms with Crippen LogP contribution in [0.25, 0.3) is 6.08 Å². The molecule has 0 aliphatic rings. The summed E-state index contributed by atoms with van der Waals surface area (Å²) in [4.78, 5) is 28.4. The van der Waals surface area contributed by atoms with Crippen molar-refractivity contribution in [2.75, 3.05) is 0 Å². The summed E-state index contributed by atoms with van der Waals surface area (Å²) in [6.45, 7) is 2.34. The van der Waals surface area contributed by atoms with Crippen molar-refractivity contribution < 1.29 is 19.8 Å². The van der Waals surface area contributed by atoms with Crippen LogP contribution >= 0.6 is 11.6 Å². The van der Waals surface area contributed by atoms with Crippen molar-refractivity contribution in [2.45, 2.75) is 39.2 Å². The van der Waals surface area contributed by atoms with Crippen molar-refractivity contribution in [3.63, 3.8) is 0 Å². The summed E-state index contributed by atoms with van der Waals surface area (Å²) in [5, 5.41) is 20.2. The molecule has 0 amide bonds. The number of aliphatic carboxylic acids is 1. The van der Waals surface area contributed by atoms with E-state index in [1.807, 2.05) is 55.5 Å². The molecule has 0 unspecified atom stereocenters. The number of rotatable bonds is 10. The fourth-order valence-electron chi connectivity index (χ4n) is 3.49. The summed E-state index contributed by atoms with van der Waals surface area (Å²) in [6, 6.07) is 16.5. The molecule has 1 aromatic heterocycles. The Morgan fingerprint density at radius 1 is 1.06 bits per heavy atom. The molecule has 2 aromatic carbocycles. The zero-order chi connectivity index (χ0) is 23.1. The second kappa shape index (κ2) is 10.8. The van der Waals surface area contributed by atoms with Crippen LogP contribution in [0.3, 0.4) is 0 Å². The van der Waals surface area contributed by atoms with Crippen LogP contribution in [-0.4, -0.2) is 31.7 Å². The van der Waals surface area contributed by atoms with Gasteiger partial charge in [0.15, 0.2) is 5.69 Å². The van der Waals surface area contributed by atoms with Crippen LogP contribution < -0.4 is 0 Å². The molecule has 2 N–H and O–H groups in total. The number of aryl methyl sites for hydroxylation is 1. The highest BCUT2D eigenvalue weighted by Gasteiger charge is 2.23. The van der Waals surface area contributed by atoms with Gasteiger partial charge in [-0.15, -0.1) is 0 Å². The highest BCUT2D eigenvalue weighted by molar-refractivity contribution is 6.31. The van der Waals surface area contributed by atoms with E-state index in [4.69, 9.17) is 11.6 Å². The smallest absolute Gasteiger partial charge is 0.356 e. The molecule has 3 aromatic rings. The van der Waals surface area contributed by atoms with Crippen LogP contribution in [0.15, 0.2) is 60.2 Å². The fraction of sp³-hybridized carbons (Fsp3) is 0.240. The Balaban J connectivity index is 2.15. The Bertz CT molecular complexity index is 1140. The first-order chi connectivity index (χ1) is 15.4. The topological polar surface area (TPSA) is 92.4 Å². The third-order valence-electron chi connectivity index (χ3n) is 5.15. The van der Waals surface area contributed by atoms with E-state index in [1.54, 1.807) is 10.6 Å². The number of benzene rings is 2. The average Bonchev–Trinajstić information content (AvgIpc) is 3.11. The van der Waals surface area contributed by atoms with Crippen LogP contribution in [0.1, 0.15) is 52.9 Å². The predicted octanol–water partition coefficient (Wildman–Crippen LogP) is 5.34. The molecule has 0 atom stereocenters. The van der Waals surface area contributed by atoms with Crippen LogP contribution in [0, 0.1) is 0 Å². The van der Waals surface area contributed by atoms with E-state index < -0.39 is 11.9 Å². The number of imidazole rings is 1. The van der Waals surface area contributed by atoms with Crippen molar-refractivity contribution in [2.24, 2.45) is 0 Å². The average molecular weight is 453 g/mol. The van der Waals surface area contributed by atoms with Crippen molar-refractivity contribution in [3.05, 3.63) is 93.5 Å². The lowest BCUT2D eigenvalue weighted by atomic mass is 10.0. The summed E-state index contributed by atoms with van der Waals surface area (Å²) >= 11 is 6.36. The number of hydrogen-bond donors (Lipinski definition) is 2. The lowest BCUT2D eigenvalue weighted by Gasteiger charge is -2.13. The normalized spacial score (nSPS) is 11.5. The number of unbranched alkanes of at least 4 members (excludes halogenated alkanes) is 1. The molecule has 32 heavy (non-hydrogen) atoms. The monoisotopic (exact) mass is 452 g/mol. The third kappa shape index (κ3) is 5.65. The van der Waals surface area contributed by atoms with Gasteiger partial charge in [0.05, 0.1) is 12.2 Å². The molecule has 0 aliphatic carbocycles. The number of carboxylic acid groups (broad SMARTS) is 2. The van der Waals surface area contributed by atoms with Crippen LogP contribution in [0.4, 0.5) is 0 Å². The SMILES string of the molecule is CCCCc1nc(C(=O)O)c(C=C(Cc2ccccc2)C(=O)O)n1Cc1ccccc1Cl. The Labute approximate surface area is 191 Å². The molecule has 7 heteroatoms. The molecule has 0 saturated heterocycles. The highest BCUT2D eigenvalue weighted by Crippen LogP contribution is 2.24. The Hall–Kier alpha value is -3.38. The lowest BCUT2D eigenvalue weighted by molar-refractivity contribution is -0.132. The van der Waals surface area contributed by atoms with Crippen LogP contribution in [0.5, 0.6) is 0 Å². The molecule has 3 rings (SSSR count). The molecular formula is C25H25ClN2O4. The number of nitrogens with zero attached hydrogens (tertiary/aromatic N) is 2. The van der Waals surface area contributed by atoms with Gasteiger partial charge in [-0.3, -0.25) is 0 Å². The first kappa shape index (κ1) is 23.3. The zero-order valence-electron chi connectivity index (χ0n) is 17.8. The maximum absolute atomic E-state index is 12.0. The number of carboxylic acids is 2. The van der Waals surface area contributed by atoms with E-state index in [0.29, 0.717) is 23.8 Å². The maximum Gasteiger partial charge on any atom is 0.356 e. The highest BCUT2D eigenvalue weighted by atomic mass is 35.5. The van der Waals surface area contributed by atoms with Gasteiger partial charge in [0.2, 0.25) is 0 Å². The van der Waals surface area contributed by atoms with Gasteiger partial charge < -0.3 is 14.8 Å². The molecular weight excluding hydrogens is 428 g/mol. The molecule has 0 radical (unpaired) electrons. The molecule has 166 valence electrons.